The summed E-state index contributed by atoms with van der Waals surface area (Å²) in [6.07, 6.45) is 76.5. The summed E-state index contributed by atoms with van der Waals surface area (Å²) < 4.78 is 34.2. The third-order valence-corrected chi connectivity index (χ3v) is 34.2. The SMILES string of the molecule is CCCCCCCCCCCCCCCCOc1ccc(C2(c3ccc(OCCCCCCCCCCCCCCCC)cc3)c3c(sc4cc(C=O)sc34)-c3sc4c5c(sc4c32)-c2sc3cc(C=O)sc3c2C5(c2ccc(OCCCCCCCCCCCCCCCC)cc2)c2ccc(OCCCCCCCCCCCCCCCC)cc2)cc1. The molecule has 2 aliphatic carbocycles. The van der Waals surface area contributed by atoms with Gasteiger partial charge in [-0.15, -0.1) is 68.0 Å². The maximum absolute atomic E-state index is 13.1. The van der Waals surface area contributed by atoms with E-state index in [-0.39, 0.29) is 0 Å². The second-order valence-electron chi connectivity index (χ2n) is 36.2. The smallest absolute Gasteiger partial charge is 0.160 e. The van der Waals surface area contributed by atoms with Gasteiger partial charge in [-0.3, -0.25) is 9.59 Å². The number of fused-ring (bicyclic) bond motifs is 13. The van der Waals surface area contributed by atoms with Crippen molar-refractivity contribution in [1.29, 1.82) is 0 Å². The summed E-state index contributed by atoms with van der Waals surface area (Å²) in [5, 5.41) is 0. The summed E-state index contributed by atoms with van der Waals surface area (Å²) in [5.41, 5.74) is 8.37. The van der Waals surface area contributed by atoms with Gasteiger partial charge in [0.05, 0.1) is 85.3 Å². The van der Waals surface area contributed by atoms with Crippen LogP contribution in [0.5, 0.6) is 23.0 Å². The number of carbonyl (C=O) groups excluding carboxylic acids is 2. The highest BCUT2D eigenvalue weighted by atomic mass is 32.1. The average molecular weight is 1760 g/mol. The fourth-order valence-electron chi connectivity index (χ4n) is 19.8. The number of aldehydes is 2. The number of hydrogen-bond donors (Lipinski definition) is 0. The molecule has 0 fully saturated rings. The number of benzene rings is 4. The minimum absolute atomic E-state index is 0.698. The molecule has 0 unspecified atom stereocenters. The normalized spacial score (nSPS) is 13.1. The van der Waals surface area contributed by atoms with E-state index in [4.69, 9.17) is 18.9 Å². The Morgan fingerprint density at radius 3 is 0.598 bits per heavy atom. The van der Waals surface area contributed by atoms with Crippen molar-refractivity contribution < 1.29 is 28.5 Å². The summed E-state index contributed by atoms with van der Waals surface area (Å²) in [6, 6.07) is 41.1. The van der Waals surface area contributed by atoms with E-state index in [1.54, 1.807) is 22.7 Å². The van der Waals surface area contributed by atoms with Gasteiger partial charge in [0.1, 0.15) is 23.0 Å². The average Bonchev–Trinajstić information content (AvgIpc) is 1.48. The molecule has 664 valence electrons. The number of unbranched alkanes of at least 4 members (excludes halogenated alkanes) is 52. The van der Waals surface area contributed by atoms with Crippen molar-refractivity contribution in [3.05, 3.63) is 163 Å². The van der Waals surface area contributed by atoms with Crippen LogP contribution in [0.15, 0.2) is 109 Å². The van der Waals surface area contributed by atoms with Crippen molar-refractivity contribution in [1.82, 2.24) is 0 Å². The zero-order valence-corrected chi connectivity index (χ0v) is 80.8. The third kappa shape index (κ3) is 25.9. The first kappa shape index (κ1) is 95.5. The molecule has 0 saturated heterocycles. The highest BCUT2D eigenvalue weighted by Crippen LogP contribution is 2.72. The van der Waals surface area contributed by atoms with Crippen molar-refractivity contribution in [2.24, 2.45) is 0 Å². The molecule has 6 aromatic heterocycles. The van der Waals surface area contributed by atoms with Gasteiger partial charge in [0, 0.05) is 31.7 Å². The van der Waals surface area contributed by atoms with Gasteiger partial charge in [-0.05, 0) is 109 Å². The summed E-state index contributed by atoms with van der Waals surface area (Å²) in [7, 11) is 0. The molecule has 12 heteroatoms. The van der Waals surface area contributed by atoms with Crippen molar-refractivity contribution in [3.8, 4) is 42.5 Å². The van der Waals surface area contributed by atoms with Crippen LogP contribution in [0.25, 0.3) is 47.7 Å². The molecule has 0 atom stereocenters. The van der Waals surface area contributed by atoms with Crippen molar-refractivity contribution in [2.45, 2.75) is 398 Å². The van der Waals surface area contributed by atoms with E-state index in [0.717, 1.165) is 80.4 Å². The molecular formula is C110H152O6S6. The summed E-state index contributed by atoms with van der Waals surface area (Å²) in [6.45, 7) is 12.0. The Labute approximate surface area is 761 Å². The molecule has 10 aromatic rings. The number of hydrogen-bond acceptors (Lipinski definition) is 12. The molecular weight excluding hydrogens is 1610 g/mol. The Hall–Kier alpha value is -5.60. The molecule has 0 radical (unpaired) electrons. The predicted molar refractivity (Wildman–Crippen MR) is 535 cm³/mol. The zero-order chi connectivity index (χ0) is 84.5. The van der Waals surface area contributed by atoms with Gasteiger partial charge < -0.3 is 18.9 Å². The van der Waals surface area contributed by atoms with E-state index in [1.807, 2.05) is 45.3 Å². The molecule has 6 nitrogen and oxygen atoms in total. The van der Waals surface area contributed by atoms with Crippen LogP contribution < -0.4 is 18.9 Å². The molecule has 0 N–H and O–H groups in total. The Bertz CT molecular complexity index is 4130. The first-order valence-electron chi connectivity index (χ1n) is 50.0. The van der Waals surface area contributed by atoms with Gasteiger partial charge in [-0.2, -0.15) is 0 Å². The monoisotopic (exact) mass is 1760 g/mol. The van der Waals surface area contributed by atoms with Crippen molar-refractivity contribution in [3.63, 3.8) is 0 Å². The number of rotatable bonds is 70. The Kier molecular flexibility index (Phi) is 41.7. The molecule has 0 amide bonds. The van der Waals surface area contributed by atoms with Crippen LogP contribution in [-0.4, -0.2) is 39.0 Å². The van der Waals surface area contributed by atoms with Gasteiger partial charge in [0.15, 0.2) is 12.6 Å². The zero-order valence-electron chi connectivity index (χ0n) is 75.9. The lowest BCUT2D eigenvalue weighted by Gasteiger charge is -2.34. The summed E-state index contributed by atoms with van der Waals surface area (Å²) >= 11 is 11.0. The van der Waals surface area contributed by atoms with E-state index >= 15 is 0 Å². The van der Waals surface area contributed by atoms with Gasteiger partial charge in [0.2, 0.25) is 0 Å². The van der Waals surface area contributed by atoms with E-state index in [0.29, 0.717) is 26.4 Å². The van der Waals surface area contributed by atoms with Gasteiger partial charge in [-0.1, -0.05) is 410 Å². The quantitative estimate of drug-likeness (QED) is 0.0279. The minimum atomic E-state index is -0.789. The third-order valence-electron chi connectivity index (χ3n) is 26.6. The van der Waals surface area contributed by atoms with Gasteiger partial charge in [-0.25, -0.2) is 0 Å². The largest absolute Gasteiger partial charge is 0.494 e. The van der Waals surface area contributed by atoms with Crippen molar-refractivity contribution in [2.75, 3.05) is 26.4 Å². The van der Waals surface area contributed by atoms with Crippen LogP contribution in [0.4, 0.5) is 0 Å². The fourth-order valence-corrected chi connectivity index (χ4v) is 28.3. The van der Waals surface area contributed by atoms with Crippen LogP contribution in [-0.2, 0) is 10.8 Å². The lowest BCUT2D eigenvalue weighted by molar-refractivity contribution is 0.111. The minimum Gasteiger partial charge on any atom is -0.494 e. The Balaban J connectivity index is 0.848. The molecule has 0 bridgehead atoms. The molecule has 0 aliphatic heterocycles. The second kappa shape index (κ2) is 53.3. The lowest BCUT2D eigenvalue weighted by atomic mass is 9.67. The lowest BCUT2D eigenvalue weighted by Crippen LogP contribution is -2.29. The van der Waals surface area contributed by atoms with Crippen LogP contribution in [0.3, 0.4) is 0 Å². The first-order valence-corrected chi connectivity index (χ1v) is 54.9. The van der Waals surface area contributed by atoms with Crippen molar-refractivity contribution >= 4 is 109 Å². The molecule has 6 heterocycles. The highest BCUT2D eigenvalue weighted by molar-refractivity contribution is 7.37. The van der Waals surface area contributed by atoms with E-state index < -0.39 is 10.8 Å². The number of thiophene rings is 6. The van der Waals surface area contributed by atoms with Crippen LogP contribution in [0.2, 0.25) is 0 Å². The van der Waals surface area contributed by atoms with Crippen LogP contribution in [0, 0.1) is 0 Å². The highest BCUT2D eigenvalue weighted by Gasteiger charge is 2.56. The molecule has 2 aliphatic rings. The van der Waals surface area contributed by atoms with Crippen LogP contribution in [0.1, 0.15) is 451 Å². The Morgan fingerprint density at radius 1 is 0.221 bits per heavy atom. The molecule has 122 heavy (non-hydrogen) atoms. The van der Waals surface area contributed by atoms with Crippen LogP contribution >= 0.6 is 68.0 Å². The Morgan fingerprint density at radius 2 is 0.402 bits per heavy atom. The number of carbonyl (C=O) groups is 2. The number of ether oxygens (including phenoxy) is 4. The second-order valence-corrected chi connectivity index (χ2v) is 42.5. The topological polar surface area (TPSA) is 71.1 Å². The first-order chi connectivity index (χ1) is 60.4. The molecule has 0 spiro atoms. The molecule has 12 rings (SSSR count). The maximum atomic E-state index is 13.1. The molecule has 0 saturated carbocycles. The van der Waals surface area contributed by atoms with Gasteiger partial charge >= 0.3 is 0 Å². The summed E-state index contributed by atoms with van der Waals surface area (Å²) in [4.78, 5) is 32.8. The maximum Gasteiger partial charge on any atom is 0.160 e. The van der Waals surface area contributed by atoms with Gasteiger partial charge in [0.25, 0.3) is 0 Å². The fraction of sp³-hybridized carbons (Fsp3) is 0.600. The summed E-state index contributed by atoms with van der Waals surface area (Å²) in [5.74, 6) is 3.59. The van der Waals surface area contributed by atoms with E-state index in [2.05, 4.69) is 137 Å². The predicted octanol–water partition coefficient (Wildman–Crippen LogP) is 37.3. The standard InChI is InChI=1S/C110H152O6S6/c1-5-9-13-17-21-25-29-33-37-41-45-49-53-57-77-113-89-69-61-85(62-70-89)109(86-63-71-90(72-64-86)114-78-58-54-50-46-42-38-34-30-26-22-18-14-10-6-2)97-101-95(81-93(83-111)117-101)119-103(97)105-99(109)107-108(121-105)100-106(122-107)104-98(102-96(120-104)82-94(84-112)118-102)110(100,87-65-73-91(74-66-87)115-79-59-55-51-47-43-39-35-31-27-23-19-15-11-7-3)88-67-75-92(76-68-88)116-80-60-56-52-48-44-40-36-32-28-24-20-16-12-8-4/h61-76,81-84H,5-60,77-80H2,1-4H3. The van der Waals surface area contributed by atoms with E-state index in [1.165, 1.54) is 417 Å². The van der Waals surface area contributed by atoms with E-state index in [9.17, 15) is 9.59 Å². The molecule has 4 aromatic carbocycles.